The maximum absolute atomic E-state index is 12.8. The first-order valence-electron chi connectivity index (χ1n) is 10.7. The quantitative estimate of drug-likeness (QED) is 0.378. The summed E-state index contributed by atoms with van der Waals surface area (Å²) in [7, 11) is 0. The van der Waals surface area contributed by atoms with Crippen LogP contribution in [0.3, 0.4) is 0 Å². The number of hydrogen-bond donors (Lipinski definition) is 2. The summed E-state index contributed by atoms with van der Waals surface area (Å²) in [5.74, 6) is -1.72. The number of esters is 2. The fourth-order valence-corrected chi connectivity index (χ4v) is 3.14. The minimum atomic E-state index is -1.05. The zero-order valence-corrected chi connectivity index (χ0v) is 19.7. The Morgan fingerprint density at radius 3 is 2.29 bits per heavy atom. The van der Waals surface area contributed by atoms with Gasteiger partial charge in [-0.2, -0.15) is 0 Å². The number of anilines is 1. The number of nitrogens with zero attached hydrogens (tertiary/aromatic N) is 1. The fourth-order valence-electron chi connectivity index (χ4n) is 3.14. The highest BCUT2D eigenvalue weighted by Gasteiger charge is 2.29. The van der Waals surface area contributed by atoms with Gasteiger partial charge >= 0.3 is 11.9 Å². The van der Waals surface area contributed by atoms with Crippen molar-refractivity contribution in [1.29, 1.82) is 0 Å². The summed E-state index contributed by atoms with van der Waals surface area (Å²) in [6.07, 6.45) is 0.598. The molecule has 0 fully saturated rings. The second-order valence-corrected chi connectivity index (χ2v) is 7.87. The predicted molar refractivity (Wildman–Crippen MR) is 123 cm³/mol. The van der Waals surface area contributed by atoms with E-state index in [9.17, 15) is 19.2 Å². The van der Waals surface area contributed by atoms with Crippen molar-refractivity contribution in [3.8, 4) is 11.5 Å². The Kier molecular flexibility index (Phi) is 9.54. The van der Waals surface area contributed by atoms with Crippen molar-refractivity contribution in [3.63, 3.8) is 0 Å². The van der Waals surface area contributed by atoms with Gasteiger partial charge < -0.3 is 24.8 Å². The topological polar surface area (TPSA) is 133 Å². The molecular formula is C24H29N3O7. The summed E-state index contributed by atoms with van der Waals surface area (Å²) >= 11 is 0. The van der Waals surface area contributed by atoms with Gasteiger partial charge in [0.05, 0.1) is 5.69 Å². The van der Waals surface area contributed by atoms with Gasteiger partial charge in [-0.1, -0.05) is 32.0 Å². The maximum Gasteiger partial charge on any atom is 0.328 e. The molecule has 10 heteroatoms. The minimum Gasteiger partial charge on any atom is -0.486 e. The lowest BCUT2D eigenvalue weighted by Gasteiger charge is -2.29. The molecule has 0 bridgehead atoms. The molecule has 2 aromatic rings. The predicted octanol–water partition coefficient (Wildman–Crippen LogP) is 2.73. The lowest BCUT2D eigenvalue weighted by molar-refractivity contribution is -0.155. The van der Waals surface area contributed by atoms with Crippen molar-refractivity contribution < 1.29 is 33.4 Å². The van der Waals surface area contributed by atoms with Gasteiger partial charge in [0, 0.05) is 13.1 Å². The SMILES string of the molecule is CC(=O)Oc1c(NC=O)ccnc1C(=O)NC(C)C(=O)OC(C)C(Oc1ccccc1)C(C)C. The number of hydrogen-bond acceptors (Lipinski definition) is 8. The van der Waals surface area contributed by atoms with Crippen molar-refractivity contribution in [2.24, 2.45) is 5.92 Å². The van der Waals surface area contributed by atoms with Crippen LogP contribution in [0.2, 0.25) is 0 Å². The summed E-state index contributed by atoms with van der Waals surface area (Å²) in [6, 6.07) is 9.51. The highest BCUT2D eigenvalue weighted by molar-refractivity contribution is 6.00. The van der Waals surface area contributed by atoms with Gasteiger partial charge in [-0.05, 0) is 38.0 Å². The Morgan fingerprint density at radius 2 is 1.71 bits per heavy atom. The van der Waals surface area contributed by atoms with Gasteiger partial charge in [-0.15, -0.1) is 0 Å². The first kappa shape index (κ1) is 26.3. The van der Waals surface area contributed by atoms with Crippen LogP contribution in [-0.4, -0.2) is 47.5 Å². The standard InChI is InChI=1S/C24H29N3O7/c1-14(2)21(34-18-9-7-6-8-10-18)16(4)32-24(31)15(3)27-23(30)20-22(33-17(5)29)19(26-13-28)11-12-25-20/h6-16,21H,1-5H3,(H,27,30)(H,25,26,28). The molecule has 0 aliphatic heterocycles. The monoisotopic (exact) mass is 471 g/mol. The number of pyridine rings is 1. The van der Waals surface area contributed by atoms with Gasteiger partial charge in [-0.25, -0.2) is 9.78 Å². The van der Waals surface area contributed by atoms with Crippen LogP contribution in [0.25, 0.3) is 0 Å². The average Bonchev–Trinajstić information content (AvgIpc) is 2.78. The Bertz CT molecular complexity index is 1010. The van der Waals surface area contributed by atoms with Crippen LogP contribution in [0.15, 0.2) is 42.6 Å². The Balaban J connectivity index is 2.10. The highest BCUT2D eigenvalue weighted by atomic mass is 16.6. The molecule has 34 heavy (non-hydrogen) atoms. The molecule has 0 aliphatic rings. The highest BCUT2D eigenvalue weighted by Crippen LogP contribution is 2.27. The smallest absolute Gasteiger partial charge is 0.328 e. The Labute approximate surface area is 198 Å². The van der Waals surface area contributed by atoms with Crippen LogP contribution in [0.5, 0.6) is 11.5 Å². The number of nitrogens with one attached hydrogen (secondary N) is 2. The van der Waals surface area contributed by atoms with Gasteiger partial charge in [0.15, 0.2) is 11.4 Å². The van der Waals surface area contributed by atoms with E-state index in [1.807, 2.05) is 44.2 Å². The van der Waals surface area contributed by atoms with E-state index < -0.39 is 36.1 Å². The lowest BCUT2D eigenvalue weighted by atomic mass is 10.0. The van der Waals surface area contributed by atoms with Crippen molar-refractivity contribution in [2.75, 3.05) is 5.32 Å². The number of aromatic nitrogens is 1. The van der Waals surface area contributed by atoms with Crippen LogP contribution < -0.4 is 20.1 Å². The molecule has 2 amide bonds. The minimum absolute atomic E-state index is 0.0384. The molecular weight excluding hydrogens is 442 g/mol. The molecule has 0 radical (unpaired) electrons. The van der Waals surface area contributed by atoms with Crippen molar-refractivity contribution in [2.45, 2.75) is 52.9 Å². The maximum atomic E-state index is 12.8. The van der Waals surface area contributed by atoms with Crippen LogP contribution >= 0.6 is 0 Å². The molecule has 10 nitrogen and oxygen atoms in total. The number of rotatable bonds is 11. The third-order valence-electron chi connectivity index (χ3n) is 4.72. The number of para-hydroxylation sites is 1. The summed E-state index contributed by atoms with van der Waals surface area (Å²) in [5, 5.41) is 4.82. The molecule has 182 valence electrons. The average molecular weight is 472 g/mol. The van der Waals surface area contributed by atoms with E-state index >= 15 is 0 Å². The second kappa shape index (κ2) is 12.3. The molecule has 0 spiro atoms. The van der Waals surface area contributed by atoms with Gasteiger partial charge in [0.2, 0.25) is 6.41 Å². The third kappa shape index (κ3) is 7.29. The third-order valence-corrected chi connectivity index (χ3v) is 4.72. The van der Waals surface area contributed by atoms with Crippen LogP contribution in [0, 0.1) is 5.92 Å². The van der Waals surface area contributed by atoms with E-state index in [-0.39, 0.29) is 23.0 Å². The van der Waals surface area contributed by atoms with E-state index in [0.717, 1.165) is 6.92 Å². The molecule has 1 aromatic carbocycles. The van der Waals surface area contributed by atoms with Crippen LogP contribution in [-0.2, 0) is 19.1 Å². The van der Waals surface area contributed by atoms with E-state index in [0.29, 0.717) is 12.2 Å². The van der Waals surface area contributed by atoms with E-state index in [1.165, 1.54) is 19.2 Å². The van der Waals surface area contributed by atoms with E-state index in [1.54, 1.807) is 6.92 Å². The second-order valence-electron chi connectivity index (χ2n) is 7.87. The summed E-state index contributed by atoms with van der Waals surface area (Å²) in [5.41, 5.74) is -0.200. The first-order chi connectivity index (χ1) is 16.1. The molecule has 0 aliphatic carbocycles. The number of benzene rings is 1. The number of amides is 2. The molecule has 0 saturated heterocycles. The largest absolute Gasteiger partial charge is 0.486 e. The van der Waals surface area contributed by atoms with E-state index in [4.69, 9.17) is 14.2 Å². The normalized spacial score (nSPS) is 13.2. The Morgan fingerprint density at radius 1 is 1.03 bits per heavy atom. The molecule has 2 N–H and O–H groups in total. The molecule has 1 heterocycles. The van der Waals surface area contributed by atoms with Gasteiger partial charge in [-0.3, -0.25) is 14.4 Å². The summed E-state index contributed by atoms with van der Waals surface area (Å²) in [4.78, 5) is 51.7. The first-order valence-corrected chi connectivity index (χ1v) is 10.7. The zero-order chi connectivity index (χ0) is 25.3. The number of carbonyl (C=O) groups excluding carboxylic acids is 4. The number of carbonyl (C=O) groups is 4. The van der Waals surface area contributed by atoms with Crippen molar-refractivity contribution in [1.82, 2.24) is 10.3 Å². The van der Waals surface area contributed by atoms with E-state index in [2.05, 4.69) is 15.6 Å². The zero-order valence-electron chi connectivity index (χ0n) is 19.7. The molecule has 1 aromatic heterocycles. The summed E-state index contributed by atoms with van der Waals surface area (Å²) in [6.45, 7) is 8.21. The molecule has 3 atom stereocenters. The van der Waals surface area contributed by atoms with Gasteiger partial charge in [0.1, 0.15) is 24.0 Å². The Hall–Kier alpha value is -3.95. The fraction of sp³-hybridized carbons (Fsp3) is 0.375. The lowest BCUT2D eigenvalue weighted by Crippen LogP contribution is -2.44. The molecule has 0 saturated carbocycles. The van der Waals surface area contributed by atoms with Gasteiger partial charge in [0.25, 0.3) is 5.91 Å². The molecule has 2 rings (SSSR count). The van der Waals surface area contributed by atoms with Crippen LogP contribution in [0.4, 0.5) is 5.69 Å². The van der Waals surface area contributed by atoms with Crippen molar-refractivity contribution in [3.05, 3.63) is 48.3 Å². The summed E-state index contributed by atoms with van der Waals surface area (Å²) < 4.78 is 16.6. The van der Waals surface area contributed by atoms with Crippen molar-refractivity contribution >= 4 is 29.9 Å². The molecule has 3 unspecified atom stereocenters. The number of ether oxygens (including phenoxy) is 3. The van der Waals surface area contributed by atoms with Crippen LogP contribution in [0.1, 0.15) is 45.1 Å².